The maximum Gasteiger partial charge on any atom is 0.237 e. The zero-order chi connectivity index (χ0) is 11.9. The summed E-state index contributed by atoms with van der Waals surface area (Å²) in [7, 11) is 0. The van der Waals surface area contributed by atoms with E-state index < -0.39 is 0 Å². The number of nitrogens with one attached hydrogen (secondary N) is 2. The van der Waals surface area contributed by atoms with Crippen LogP contribution in [0.2, 0.25) is 0 Å². The van der Waals surface area contributed by atoms with Crippen molar-refractivity contribution in [2.75, 3.05) is 32.7 Å². The molecule has 0 aromatic heterocycles. The molecule has 2 aliphatic heterocycles. The molecule has 2 fully saturated rings. The molecule has 4 nitrogen and oxygen atoms in total. The summed E-state index contributed by atoms with van der Waals surface area (Å²) >= 11 is 0. The Hall–Kier alpha value is -0.0300. The van der Waals surface area contributed by atoms with E-state index in [0.717, 1.165) is 26.1 Å². The van der Waals surface area contributed by atoms with Crippen molar-refractivity contribution < 1.29 is 4.79 Å². The van der Waals surface area contributed by atoms with Gasteiger partial charge in [0.15, 0.2) is 0 Å². The van der Waals surface area contributed by atoms with Crippen LogP contribution in [0.4, 0.5) is 0 Å². The van der Waals surface area contributed by atoms with Crippen LogP contribution in [-0.2, 0) is 4.79 Å². The topological polar surface area (TPSA) is 44.4 Å². The zero-order valence-corrected chi connectivity index (χ0v) is 13.2. The molecule has 0 spiro atoms. The summed E-state index contributed by atoms with van der Waals surface area (Å²) in [6, 6.07) is 0.0603. The normalized spacial score (nSPS) is 23.9. The second-order valence-corrected chi connectivity index (χ2v) is 5.20. The minimum absolute atomic E-state index is 0. The number of carbonyl (C=O) groups excluding carboxylic acids is 1. The molecule has 0 bridgehead atoms. The van der Waals surface area contributed by atoms with Crippen molar-refractivity contribution in [3.8, 4) is 0 Å². The first-order chi connectivity index (χ1) is 8.36. The summed E-state index contributed by atoms with van der Waals surface area (Å²) in [4.78, 5) is 14.3. The van der Waals surface area contributed by atoms with Gasteiger partial charge in [0, 0.05) is 13.1 Å². The Morgan fingerprint density at radius 2 is 1.84 bits per heavy atom. The third kappa shape index (κ3) is 6.80. The van der Waals surface area contributed by atoms with Gasteiger partial charge < -0.3 is 15.5 Å². The summed E-state index contributed by atoms with van der Waals surface area (Å²) in [5.41, 5.74) is 0. The highest BCUT2D eigenvalue weighted by Crippen LogP contribution is 2.08. The average Bonchev–Trinajstić information content (AvgIpc) is 2.41. The Morgan fingerprint density at radius 3 is 2.47 bits per heavy atom. The Morgan fingerprint density at radius 1 is 1.11 bits per heavy atom. The Kier molecular flexibility index (Phi) is 10.7. The zero-order valence-electron chi connectivity index (χ0n) is 11.5. The highest BCUT2D eigenvalue weighted by molar-refractivity contribution is 5.85. The number of piperidine rings is 2. The SMILES string of the molecule is Cl.Cl.O=C(NCCN1CCCCC1)[C@H]1CCCCN1. The van der Waals surface area contributed by atoms with Crippen LogP contribution < -0.4 is 10.6 Å². The molecule has 0 aromatic rings. The van der Waals surface area contributed by atoms with Crippen LogP contribution in [0.3, 0.4) is 0 Å². The summed E-state index contributed by atoms with van der Waals surface area (Å²) < 4.78 is 0. The van der Waals surface area contributed by atoms with Gasteiger partial charge in [-0.1, -0.05) is 12.8 Å². The van der Waals surface area contributed by atoms with Gasteiger partial charge in [0.05, 0.1) is 6.04 Å². The number of rotatable bonds is 4. The van der Waals surface area contributed by atoms with Crippen LogP contribution in [0.1, 0.15) is 38.5 Å². The summed E-state index contributed by atoms with van der Waals surface area (Å²) in [6.07, 6.45) is 7.38. The Bertz CT molecular complexity index is 242. The third-order valence-electron chi connectivity index (χ3n) is 3.80. The molecule has 2 saturated heterocycles. The lowest BCUT2D eigenvalue weighted by Gasteiger charge is -2.27. The molecule has 1 atom stereocenters. The van der Waals surface area contributed by atoms with Crippen LogP contribution in [-0.4, -0.2) is 49.6 Å². The van der Waals surface area contributed by atoms with Gasteiger partial charge >= 0.3 is 0 Å². The number of nitrogens with zero attached hydrogens (tertiary/aromatic N) is 1. The average molecular weight is 312 g/mol. The highest BCUT2D eigenvalue weighted by Gasteiger charge is 2.20. The molecular formula is C13H27Cl2N3O. The molecule has 6 heteroatoms. The van der Waals surface area contributed by atoms with Gasteiger partial charge in [0.1, 0.15) is 0 Å². The largest absolute Gasteiger partial charge is 0.353 e. The number of likely N-dealkylation sites (tertiary alicyclic amines) is 1. The van der Waals surface area contributed by atoms with E-state index in [1.54, 1.807) is 0 Å². The van der Waals surface area contributed by atoms with Crippen molar-refractivity contribution in [3.63, 3.8) is 0 Å². The van der Waals surface area contributed by atoms with Gasteiger partial charge in [-0.15, -0.1) is 24.8 Å². The molecule has 114 valence electrons. The molecule has 0 radical (unpaired) electrons. The summed E-state index contributed by atoms with van der Waals surface area (Å²) in [5.74, 6) is 0.196. The fraction of sp³-hybridized carbons (Fsp3) is 0.923. The van der Waals surface area contributed by atoms with E-state index >= 15 is 0 Å². The lowest BCUT2D eigenvalue weighted by molar-refractivity contribution is -0.123. The molecule has 2 aliphatic rings. The van der Waals surface area contributed by atoms with E-state index in [-0.39, 0.29) is 36.8 Å². The standard InChI is InChI=1S/C13H25N3O.2ClH/c17-13(12-6-2-3-7-14-12)15-8-11-16-9-4-1-5-10-16;;/h12,14H,1-11H2,(H,15,17);2*1H/t12-;;/m1../s1. The van der Waals surface area contributed by atoms with Gasteiger partial charge in [-0.25, -0.2) is 0 Å². The van der Waals surface area contributed by atoms with Crippen molar-refractivity contribution in [1.29, 1.82) is 0 Å². The lowest BCUT2D eigenvalue weighted by atomic mass is 10.0. The smallest absolute Gasteiger partial charge is 0.237 e. The quantitative estimate of drug-likeness (QED) is 0.828. The van der Waals surface area contributed by atoms with E-state index in [1.165, 1.54) is 45.2 Å². The maximum atomic E-state index is 11.8. The molecule has 2 rings (SSSR count). The minimum atomic E-state index is 0. The third-order valence-corrected chi connectivity index (χ3v) is 3.80. The van der Waals surface area contributed by atoms with Crippen molar-refractivity contribution in [1.82, 2.24) is 15.5 Å². The molecule has 0 saturated carbocycles. The molecule has 0 aliphatic carbocycles. The van der Waals surface area contributed by atoms with E-state index in [2.05, 4.69) is 15.5 Å². The van der Waals surface area contributed by atoms with E-state index in [4.69, 9.17) is 0 Å². The van der Waals surface area contributed by atoms with Crippen LogP contribution in [0.5, 0.6) is 0 Å². The first kappa shape index (κ1) is 19.0. The lowest BCUT2D eigenvalue weighted by Crippen LogP contribution is -2.48. The van der Waals surface area contributed by atoms with Crippen LogP contribution in [0.15, 0.2) is 0 Å². The Balaban J connectivity index is 0.00000162. The number of halogens is 2. The maximum absolute atomic E-state index is 11.8. The first-order valence-electron chi connectivity index (χ1n) is 7.10. The summed E-state index contributed by atoms with van der Waals surface area (Å²) in [5, 5.41) is 6.34. The molecule has 2 heterocycles. The molecule has 0 unspecified atom stereocenters. The summed E-state index contributed by atoms with van der Waals surface area (Å²) in [6.45, 7) is 5.22. The van der Waals surface area contributed by atoms with Crippen molar-refractivity contribution in [2.24, 2.45) is 0 Å². The minimum Gasteiger partial charge on any atom is -0.353 e. The van der Waals surface area contributed by atoms with Crippen LogP contribution >= 0.6 is 24.8 Å². The van der Waals surface area contributed by atoms with E-state index in [0.29, 0.717) is 0 Å². The van der Waals surface area contributed by atoms with Gasteiger partial charge in [0.25, 0.3) is 0 Å². The fourth-order valence-corrected chi connectivity index (χ4v) is 2.72. The number of amides is 1. The number of hydrogen-bond acceptors (Lipinski definition) is 3. The van der Waals surface area contributed by atoms with Gasteiger partial charge in [-0.3, -0.25) is 4.79 Å². The van der Waals surface area contributed by atoms with Gasteiger partial charge in [0.2, 0.25) is 5.91 Å². The fourth-order valence-electron chi connectivity index (χ4n) is 2.72. The van der Waals surface area contributed by atoms with Crippen LogP contribution in [0.25, 0.3) is 0 Å². The predicted molar refractivity (Wildman–Crippen MR) is 83.4 cm³/mol. The van der Waals surface area contributed by atoms with Gasteiger partial charge in [-0.2, -0.15) is 0 Å². The predicted octanol–water partition coefficient (Wildman–Crippen LogP) is 1.57. The number of hydrogen-bond donors (Lipinski definition) is 2. The molecule has 0 aromatic carbocycles. The highest BCUT2D eigenvalue weighted by atomic mass is 35.5. The first-order valence-corrected chi connectivity index (χ1v) is 7.10. The second-order valence-electron chi connectivity index (χ2n) is 5.20. The van der Waals surface area contributed by atoms with Crippen LogP contribution in [0, 0.1) is 0 Å². The van der Waals surface area contributed by atoms with Gasteiger partial charge in [-0.05, 0) is 45.3 Å². The molecule has 2 N–H and O–H groups in total. The monoisotopic (exact) mass is 311 g/mol. The van der Waals surface area contributed by atoms with Crippen molar-refractivity contribution >= 4 is 30.7 Å². The number of carbonyl (C=O) groups is 1. The molecule has 1 amide bonds. The molecule has 19 heavy (non-hydrogen) atoms. The second kappa shape index (κ2) is 10.7. The van der Waals surface area contributed by atoms with Crippen molar-refractivity contribution in [2.45, 2.75) is 44.6 Å². The van der Waals surface area contributed by atoms with E-state index in [9.17, 15) is 4.79 Å². The van der Waals surface area contributed by atoms with E-state index in [1.807, 2.05) is 0 Å². The Labute approximate surface area is 128 Å². The van der Waals surface area contributed by atoms with Crippen molar-refractivity contribution in [3.05, 3.63) is 0 Å². The molecular weight excluding hydrogens is 285 g/mol.